The Hall–Kier alpha value is -1.31. The smallest absolute Gasteiger partial charge is 0.208 e. The number of methoxy groups -OCH3 is 1. The van der Waals surface area contributed by atoms with E-state index in [0.29, 0.717) is 6.54 Å². The molecule has 5 nitrogen and oxygen atoms in total. The first-order valence-corrected chi connectivity index (χ1v) is 7.85. The molecule has 0 aliphatic carbocycles. The number of hydrogen-bond acceptors (Lipinski definition) is 7. The Morgan fingerprint density at radius 2 is 2.00 bits per heavy atom. The van der Waals surface area contributed by atoms with Crippen molar-refractivity contribution < 1.29 is 4.74 Å². The van der Waals surface area contributed by atoms with E-state index in [1.54, 1.807) is 30.2 Å². The van der Waals surface area contributed by atoms with Crippen molar-refractivity contribution in [1.82, 2.24) is 10.2 Å². The molecule has 2 aromatic rings. The quantitative estimate of drug-likeness (QED) is 0.827. The van der Waals surface area contributed by atoms with E-state index in [1.807, 2.05) is 43.3 Å². The number of benzene rings is 1. The molecule has 1 atom stereocenters. The Balaban J connectivity index is 2.10. The van der Waals surface area contributed by atoms with E-state index in [1.165, 1.54) is 5.56 Å². The molecule has 0 saturated heterocycles. The summed E-state index contributed by atoms with van der Waals surface area (Å²) in [5.41, 5.74) is 7.05. The van der Waals surface area contributed by atoms with Gasteiger partial charge in [0.25, 0.3) is 0 Å². The molecule has 0 saturated carbocycles. The minimum absolute atomic E-state index is 0.170. The number of thioether (sulfide) groups is 1. The lowest BCUT2D eigenvalue weighted by Gasteiger charge is -2.13. The van der Waals surface area contributed by atoms with Gasteiger partial charge in [-0.05, 0) is 17.7 Å². The van der Waals surface area contributed by atoms with Crippen LogP contribution in [-0.4, -0.2) is 37.9 Å². The van der Waals surface area contributed by atoms with Crippen LogP contribution in [-0.2, 0) is 0 Å². The Morgan fingerprint density at radius 3 is 2.50 bits per heavy atom. The number of hydrogen-bond donors (Lipinski definition) is 1. The summed E-state index contributed by atoms with van der Waals surface area (Å²) in [5, 5.41) is 9.40. The molecule has 20 heavy (non-hydrogen) atoms. The summed E-state index contributed by atoms with van der Waals surface area (Å²) in [4.78, 5) is 1.95. The lowest BCUT2D eigenvalue weighted by Crippen LogP contribution is -2.09. The van der Waals surface area contributed by atoms with Crippen LogP contribution >= 0.6 is 23.1 Å². The van der Waals surface area contributed by atoms with Crippen molar-refractivity contribution in [3.05, 3.63) is 29.8 Å². The van der Waals surface area contributed by atoms with Gasteiger partial charge in [0.15, 0.2) is 4.34 Å². The molecule has 2 N–H and O–H groups in total. The minimum atomic E-state index is 0.170. The Bertz CT molecular complexity index is 542. The monoisotopic (exact) mass is 310 g/mol. The molecule has 0 aliphatic rings. The lowest BCUT2D eigenvalue weighted by molar-refractivity contribution is 0.414. The highest BCUT2D eigenvalue weighted by molar-refractivity contribution is 8.01. The Labute approximate surface area is 127 Å². The van der Waals surface area contributed by atoms with Gasteiger partial charge in [0.2, 0.25) is 5.13 Å². The van der Waals surface area contributed by atoms with E-state index in [2.05, 4.69) is 10.2 Å². The number of nitrogens with zero attached hydrogens (tertiary/aromatic N) is 3. The average Bonchev–Trinajstić information content (AvgIpc) is 2.94. The van der Waals surface area contributed by atoms with Crippen LogP contribution in [0.4, 0.5) is 5.13 Å². The zero-order valence-electron chi connectivity index (χ0n) is 11.7. The Morgan fingerprint density at radius 1 is 1.30 bits per heavy atom. The first-order chi connectivity index (χ1) is 9.63. The number of rotatable bonds is 6. The molecule has 0 fully saturated rings. The predicted octanol–water partition coefficient (Wildman–Crippen LogP) is 2.40. The summed E-state index contributed by atoms with van der Waals surface area (Å²) in [5.74, 6) is 0.848. The maximum atomic E-state index is 5.88. The van der Waals surface area contributed by atoms with Crippen molar-refractivity contribution in [2.75, 3.05) is 32.6 Å². The van der Waals surface area contributed by atoms with Crippen molar-refractivity contribution >= 4 is 28.2 Å². The van der Waals surface area contributed by atoms with Crippen LogP contribution in [0.3, 0.4) is 0 Å². The molecule has 1 aromatic heterocycles. The molecule has 2 rings (SSSR count). The van der Waals surface area contributed by atoms with Gasteiger partial charge in [0.1, 0.15) is 5.75 Å². The number of anilines is 1. The fourth-order valence-electron chi connectivity index (χ4n) is 1.62. The van der Waals surface area contributed by atoms with Gasteiger partial charge in [0.05, 0.1) is 7.11 Å². The van der Waals surface area contributed by atoms with Crippen molar-refractivity contribution in [2.45, 2.75) is 9.59 Å². The molecular weight excluding hydrogens is 292 g/mol. The largest absolute Gasteiger partial charge is 0.497 e. The van der Waals surface area contributed by atoms with Crippen LogP contribution in [0.5, 0.6) is 5.75 Å². The van der Waals surface area contributed by atoms with Gasteiger partial charge < -0.3 is 15.4 Å². The molecule has 0 amide bonds. The molecule has 0 spiro atoms. The summed E-state index contributed by atoms with van der Waals surface area (Å²) in [6.45, 7) is 0.549. The third-order valence-corrected chi connectivity index (χ3v) is 5.18. The highest BCUT2D eigenvalue weighted by atomic mass is 32.2. The zero-order valence-corrected chi connectivity index (χ0v) is 13.4. The Kier molecular flexibility index (Phi) is 5.22. The van der Waals surface area contributed by atoms with Crippen molar-refractivity contribution in [1.29, 1.82) is 0 Å². The molecule has 0 radical (unpaired) electrons. The molecule has 108 valence electrons. The van der Waals surface area contributed by atoms with Gasteiger partial charge in [-0.1, -0.05) is 35.2 Å². The van der Waals surface area contributed by atoms with Gasteiger partial charge in [-0.3, -0.25) is 0 Å². The van der Waals surface area contributed by atoms with Crippen LogP contribution < -0.4 is 15.4 Å². The standard InChI is InChI=1S/C13H18N4OS2/c1-17(2)12-15-16-13(20-12)19-11(8-14)9-4-6-10(18-3)7-5-9/h4-7,11H,8,14H2,1-3H3. The molecule has 1 aromatic carbocycles. The highest BCUT2D eigenvalue weighted by Crippen LogP contribution is 2.37. The van der Waals surface area contributed by atoms with Crippen LogP contribution in [0.1, 0.15) is 10.8 Å². The topological polar surface area (TPSA) is 64.3 Å². The molecule has 0 bridgehead atoms. The molecule has 7 heteroatoms. The second-order valence-electron chi connectivity index (χ2n) is 4.36. The van der Waals surface area contributed by atoms with Crippen molar-refractivity contribution in [2.24, 2.45) is 5.73 Å². The first kappa shape index (κ1) is 15.1. The van der Waals surface area contributed by atoms with Gasteiger partial charge in [-0.15, -0.1) is 10.2 Å². The van der Waals surface area contributed by atoms with E-state index in [-0.39, 0.29) is 5.25 Å². The zero-order chi connectivity index (χ0) is 14.5. The maximum Gasteiger partial charge on any atom is 0.208 e. The number of nitrogens with two attached hydrogens (primary N) is 1. The van der Waals surface area contributed by atoms with E-state index in [0.717, 1.165) is 15.2 Å². The van der Waals surface area contributed by atoms with Crippen LogP contribution in [0.25, 0.3) is 0 Å². The average molecular weight is 310 g/mol. The summed E-state index contributed by atoms with van der Waals surface area (Å²) >= 11 is 3.22. The second kappa shape index (κ2) is 6.92. The SMILES string of the molecule is COc1ccc(C(CN)Sc2nnc(N(C)C)s2)cc1. The summed E-state index contributed by atoms with van der Waals surface area (Å²) in [7, 11) is 5.58. The van der Waals surface area contributed by atoms with E-state index < -0.39 is 0 Å². The van der Waals surface area contributed by atoms with Gasteiger partial charge in [-0.2, -0.15) is 0 Å². The summed E-state index contributed by atoms with van der Waals surface area (Å²) in [6.07, 6.45) is 0. The molecular formula is C13H18N4OS2. The van der Waals surface area contributed by atoms with Crippen molar-refractivity contribution in [3.63, 3.8) is 0 Å². The maximum absolute atomic E-state index is 5.88. The van der Waals surface area contributed by atoms with E-state index in [4.69, 9.17) is 10.5 Å². The minimum Gasteiger partial charge on any atom is -0.497 e. The third-order valence-electron chi connectivity index (χ3n) is 2.72. The molecule has 0 aliphatic heterocycles. The summed E-state index contributed by atoms with van der Waals surface area (Å²) in [6, 6.07) is 7.97. The third kappa shape index (κ3) is 3.62. The van der Waals surface area contributed by atoms with Gasteiger partial charge in [-0.25, -0.2) is 0 Å². The van der Waals surface area contributed by atoms with Crippen LogP contribution in [0.2, 0.25) is 0 Å². The van der Waals surface area contributed by atoms with Gasteiger partial charge in [0, 0.05) is 25.9 Å². The van der Waals surface area contributed by atoms with E-state index >= 15 is 0 Å². The van der Waals surface area contributed by atoms with Crippen LogP contribution in [0.15, 0.2) is 28.6 Å². The normalized spacial score (nSPS) is 12.2. The highest BCUT2D eigenvalue weighted by Gasteiger charge is 2.15. The number of aromatic nitrogens is 2. The van der Waals surface area contributed by atoms with Crippen LogP contribution in [0, 0.1) is 0 Å². The first-order valence-electron chi connectivity index (χ1n) is 6.15. The second-order valence-corrected chi connectivity index (χ2v) is 6.77. The van der Waals surface area contributed by atoms with Crippen molar-refractivity contribution in [3.8, 4) is 5.75 Å². The van der Waals surface area contributed by atoms with E-state index in [9.17, 15) is 0 Å². The van der Waals surface area contributed by atoms with Gasteiger partial charge >= 0.3 is 0 Å². The molecule has 1 unspecified atom stereocenters. The lowest BCUT2D eigenvalue weighted by atomic mass is 10.1. The summed E-state index contributed by atoms with van der Waals surface area (Å²) < 4.78 is 6.10. The molecule has 1 heterocycles. The fourth-order valence-corrected chi connectivity index (χ4v) is 3.61. The predicted molar refractivity (Wildman–Crippen MR) is 84.9 cm³/mol. The number of ether oxygens (including phenoxy) is 1. The fraction of sp³-hybridized carbons (Fsp3) is 0.385.